The van der Waals surface area contributed by atoms with Crippen molar-refractivity contribution < 1.29 is 18.7 Å². The molecular weight excluding hydrogens is 421 g/mol. The maximum atomic E-state index is 12.6. The van der Waals surface area contributed by atoms with E-state index in [9.17, 15) is 9.18 Å². The van der Waals surface area contributed by atoms with Gasteiger partial charge in [-0.3, -0.25) is 9.67 Å². The van der Waals surface area contributed by atoms with E-state index < -0.39 is 18.9 Å². The van der Waals surface area contributed by atoms with Crippen LogP contribution in [0.2, 0.25) is 5.02 Å². The van der Waals surface area contributed by atoms with Crippen molar-refractivity contribution in [1.29, 1.82) is 0 Å². The molecule has 0 aliphatic rings. The number of alkyl halides is 1. The minimum absolute atomic E-state index is 0.00186. The lowest BCUT2D eigenvalue weighted by molar-refractivity contribution is -0.165. The number of nitrogens with zero attached hydrogens (tertiary/aromatic N) is 3. The largest absolute Gasteiger partial charge is 0.452 e. The van der Waals surface area contributed by atoms with Gasteiger partial charge in [-0.1, -0.05) is 56.6 Å². The molecule has 0 radical (unpaired) electrons. The van der Waals surface area contributed by atoms with Crippen LogP contribution in [0.5, 0.6) is 0 Å². The Morgan fingerprint density at radius 1 is 1.29 bits per heavy atom. The molecule has 0 aliphatic carbocycles. The molecule has 0 saturated heterocycles. The molecule has 168 valence electrons. The van der Waals surface area contributed by atoms with Gasteiger partial charge in [-0.2, -0.15) is 5.10 Å². The Kier molecular flexibility index (Phi) is 8.01. The number of hydrogen-bond donors (Lipinski definition) is 0. The van der Waals surface area contributed by atoms with Gasteiger partial charge in [-0.15, -0.1) is 0 Å². The maximum absolute atomic E-state index is 12.6. The first-order valence-electron chi connectivity index (χ1n) is 9.88. The lowest BCUT2D eigenvalue weighted by Gasteiger charge is -2.21. The molecule has 8 heteroatoms. The van der Waals surface area contributed by atoms with Crippen LogP contribution in [-0.2, 0) is 26.7 Å². The molecule has 1 atom stereocenters. The number of carbonyl (C=O) groups is 1. The summed E-state index contributed by atoms with van der Waals surface area (Å²) >= 11 is 6.53. The zero-order chi connectivity index (χ0) is 23.3. The zero-order valence-electron chi connectivity index (χ0n) is 19.0. The van der Waals surface area contributed by atoms with Crippen LogP contribution in [0, 0.1) is 6.92 Å². The third-order valence-electron chi connectivity index (χ3n) is 4.62. The molecule has 31 heavy (non-hydrogen) atoms. The van der Waals surface area contributed by atoms with Crippen LogP contribution >= 0.6 is 11.6 Å². The average molecular weight is 450 g/mol. The molecular formula is C23H29ClFN3O3. The summed E-state index contributed by atoms with van der Waals surface area (Å²) in [4.78, 5) is 15.6. The Bertz CT molecular complexity index is 989. The van der Waals surface area contributed by atoms with Gasteiger partial charge in [0.1, 0.15) is 5.69 Å². The number of esters is 1. The summed E-state index contributed by atoms with van der Waals surface area (Å²) in [5.74, 6) is -0.694. The van der Waals surface area contributed by atoms with Crippen LogP contribution < -0.4 is 0 Å². The van der Waals surface area contributed by atoms with E-state index in [0.29, 0.717) is 27.7 Å². The number of hydrogen-bond acceptors (Lipinski definition) is 5. The molecule has 6 nitrogen and oxygen atoms in total. The van der Waals surface area contributed by atoms with Gasteiger partial charge in [-0.25, -0.2) is 9.18 Å². The van der Waals surface area contributed by atoms with Gasteiger partial charge < -0.3 is 9.47 Å². The van der Waals surface area contributed by atoms with Gasteiger partial charge >= 0.3 is 5.97 Å². The second-order valence-corrected chi connectivity index (χ2v) is 8.52. The highest BCUT2D eigenvalue weighted by molar-refractivity contribution is 6.33. The lowest BCUT2D eigenvalue weighted by atomic mass is 9.86. The first-order chi connectivity index (χ1) is 14.5. The van der Waals surface area contributed by atoms with Gasteiger partial charge in [0.15, 0.2) is 12.4 Å². The van der Waals surface area contributed by atoms with Gasteiger partial charge in [0.05, 0.1) is 10.7 Å². The Balaban J connectivity index is 2.69. The summed E-state index contributed by atoms with van der Waals surface area (Å²) in [5.41, 5.74) is 3.73. The first-order valence-corrected chi connectivity index (χ1v) is 10.3. The third kappa shape index (κ3) is 5.94. The fraction of sp³-hybridized carbons (Fsp3) is 0.435. The van der Waals surface area contributed by atoms with Gasteiger partial charge in [0.2, 0.25) is 6.29 Å². The molecule has 0 fully saturated rings. The molecule has 1 unspecified atom stereocenters. The normalized spacial score (nSPS) is 13.8. The Hall–Kier alpha value is -2.67. The SMILES string of the molecule is CN=C/C(=C(/OC(C)OC(=O)CF)c1c(Cl)c(C)nn1C)c1ccc(C(C)(C)C)cc1. The van der Waals surface area contributed by atoms with Crippen molar-refractivity contribution >= 4 is 35.1 Å². The van der Waals surface area contributed by atoms with Crippen LogP contribution in [0.4, 0.5) is 4.39 Å². The number of carbonyl (C=O) groups excluding carboxylic acids is 1. The van der Waals surface area contributed by atoms with Crippen LogP contribution in [-0.4, -0.2) is 42.0 Å². The van der Waals surface area contributed by atoms with E-state index in [-0.39, 0.29) is 5.41 Å². The van der Waals surface area contributed by atoms with E-state index >= 15 is 0 Å². The van der Waals surface area contributed by atoms with Crippen molar-refractivity contribution in [3.05, 3.63) is 51.8 Å². The Morgan fingerprint density at radius 3 is 2.35 bits per heavy atom. The third-order valence-corrected chi connectivity index (χ3v) is 5.07. The minimum atomic E-state index is -1.24. The molecule has 1 aromatic heterocycles. The summed E-state index contributed by atoms with van der Waals surface area (Å²) in [6.07, 6.45) is 0.586. The predicted molar refractivity (Wildman–Crippen MR) is 122 cm³/mol. The van der Waals surface area contributed by atoms with Crippen molar-refractivity contribution in [2.24, 2.45) is 12.0 Å². The average Bonchev–Trinajstić information content (AvgIpc) is 2.95. The van der Waals surface area contributed by atoms with E-state index in [0.717, 1.165) is 5.56 Å². The molecule has 0 aliphatic heterocycles. The standard InChI is InChI=1S/C23H29ClFN3O3/c1-14-20(24)21(28(7)27-14)22(31-15(2)30-19(29)12-25)18(13-26-6)16-8-10-17(11-9-16)23(3,4)5/h8-11,13,15H,12H2,1-7H3/b22-18-,26-13?. The van der Waals surface area contributed by atoms with Crippen LogP contribution in [0.15, 0.2) is 29.3 Å². The number of aryl methyl sites for hydroxylation is 2. The van der Waals surface area contributed by atoms with Gasteiger partial charge in [0, 0.05) is 32.8 Å². The summed E-state index contributed by atoms with van der Waals surface area (Å²) in [5, 5.41) is 4.75. The van der Waals surface area contributed by atoms with Crippen molar-refractivity contribution in [3.63, 3.8) is 0 Å². The van der Waals surface area contributed by atoms with E-state index in [1.807, 2.05) is 24.3 Å². The van der Waals surface area contributed by atoms with Crippen LogP contribution in [0.3, 0.4) is 0 Å². The van der Waals surface area contributed by atoms with Gasteiger partial charge in [-0.05, 0) is 23.5 Å². The van der Waals surface area contributed by atoms with E-state index in [2.05, 4.69) is 30.9 Å². The number of aliphatic imine (C=N–C) groups is 1. The fourth-order valence-electron chi connectivity index (χ4n) is 3.08. The summed E-state index contributed by atoms with van der Waals surface area (Å²) in [6.45, 7) is 8.46. The van der Waals surface area contributed by atoms with Crippen LogP contribution in [0.25, 0.3) is 11.3 Å². The highest BCUT2D eigenvalue weighted by Gasteiger charge is 2.24. The highest BCUT2D eigenvalue weighted by atomic mass is 35.5. The summed E-state index contributed by atoms with van der Waals surface area (Å²) in [6, 6.07) is 8.02. The van der Waals surface area contributed by atoms with Crippen molar-refractivity contribution in [2.45, 2.75) is 46.3 Å². The Morgan fingerprint density at radius 2 is 1.90 bits per heavy atom. The van der Waals surface area contributed by atoms with Crippen molar-refractivity contribution in [1.82, 2.24) is 9.78 Å². The highest BCUT2D eigenvalue weighted by Crippen LogP contribution is 2.34. The maximum Gasteiger partial charge on any atom is 0.340 e. The molecule has 0 bridgehead atoms. The Labute approximate surface area is 187 Å². The number of rotatable bonds is 7. The number of ether oxygens (including phenoxy) is 2. The van der Waals surface area contributed by atoms with Crippen molar-refractivity contribution in [3.8, 4) is 0 Å². The molecule has 0 N–H and O–H groups in total. The number of allylic oxidation sites excluding steroid dienone is 1. The minimum Gasteiger partial charge on any atom is -0.452 e. The summed E-state index contributed by atoms with van der Waals surface area (Å²) in [7, 11) is 3.38. The van der Waals surface area contributed by atoms with E-state index in [1.165, 1.54) is 12.5 Å². The van der Waals surface area contributed by atoms with E-state index in [4.69, 9.17) is 21.1 Å². The topological polar surface area (TPSA) is 65.7 Å². The second kappa shape index (κ2) is 10.1. The van der Waals surface area contributed by atoms with Gasteiger partial charge in [0.25, 0.3) is 0 Å². The molecule has 0 spiro atoms. The number of aromatic nitrogens is 2. The second-order valence-electron chi connectivity index (χ2n) is 8.14. The van der Waals surface area contributed by atoms with E-state index in [1.54, 1.807) is 31.9 Å². The quantitative estimate of drug-likeness (QED) is 0.254. The molecule has 0 saturated carbocycles. The monoisotopic (exact) mass is 449 g/mol. The molecule has 1 heterocycles. The molecule has 0 amide bonds. The van der Waals surface area contributed by atoms with Crippen molar-refractivity contribution in [2.75, 3.05) is 13.7 Å². The first kappa shape index (κ1) is 24.6. The smallest absolute Gasteiger partial charge is 0.340 e. The number of halogens is 2. The fourth-order valence-corrected chi connectivity index (χ4v) is 3.32. The number of benzene rings is 1. The molecule has 1 aromatic carbocycles. The predicted octanol–water partition coefficient (Wildman–Crippen LogP) is 5.12. The zero-order valence-corrected chi connectivity index (χ0v) is 19.7. The molecule has 2 aromatic rings. The molecule has 2 rings (SSSR count). The summed E-state index contributed by atoms with van der Waals surface area (Å²) < 4.78 is 25.2. The lowest BCUT2D eigenvalue weighted by Crippen LogP contribution is -2.20. The van der Waals surface area contributed by atoms with Crippen LogP contribution in [0.1, 0.15) is 50.2 Å².